The molecule has 2 aliphatic rings. The maximum absolute atomic E-state index is 12.6. The van der Waals surface area contributed by atoms with Gasteiger partial charge in [-0.2, -0.15) is 0 Å². The fourth-order valence-electron chi connectivity index (χ4n) is 3.32. The lowest BCUT2D eigenvalue weighted by Gasteiger charge is -2.28. The van der Waals surface area contributed by atoms with Gasteiger partial charge in [0.05, 0.1) is 11.4 Å². The van der Waals surface area contributed by atoms with Crippen molar-refractivity contribution in [2.45, 2.75) is 25.0 Å². The molecule has 2 atom stereocenters. The van der Waals surface area contributed by atoms with E-state index in [4.69, 9.17) is 9.47 Å². The van der Waals surface area contributed by atoms with Crippen LogP contribution in [0.2, 0.25) is 0 Å². The van der Waals surface area contributed by atoms with E-state index < -0.39 is 6.04 Å². The fraction of sp³-hybridized carbons (Fsp3) is 0.368. The van der Waals surface area contributed by atoms with Crippen LogP contribution in [0, 0.1) is 0 Å². The molecule has 1 aromatic carbocycles. The third kappa shape index (κ3) is 3.39. The Balaban J connectivity index is 1.34. The number of thiophene rings is 1. The number of fused-ring (bicyclic) bond motifs is 1. The maximum atomic E-state index is 12.6. The number of likely N-dealkylation sites (tertiary alicyclic amines) is 1. The number of para-hydroxylation sites is 2. The van der Waals surface area contributed by atoms with Gasteiger partial charge in [-0.05, 0) is 36.4 Å². The Labute approximate surface area is 155 Å². The van der Waals surface area contributed by atoms with Crippen molar-refractivity contribution in [1.82, 2.24) is 10.2 Å². The van der Waals surface area contributed by atoms with Crippen LogP contribution >= 0.6 is 11.3 Å². The molecule has 0 saturated carbocycles. The average molecular weight is 372 g/mol. The van der Waals surface area contributed by atoms with E-state index in [1.807, 2.05) is 35.7 Å². The lowest BCUT2D eigenvalue weighted by Crippen LogP contribution is -2.49. The molecular weight excluding hydrogens is 352 g/mol. The van der Waals surface area contributed by atoms with Gasteiger partial charge >= 0.3 is 0 Å². The summed E-state index contributed by atoms with van der Waals surface area (Å²) in [4.78, 5) is 27.5. The molecule has 0 radical (unpaired) electrons. The molecule has 0 bridgehead atoms. The van der Waals surface area contributed by atoms with Gasteiger partial charge in [-0.15, -0.1) is 11.3 Å². The highest BCUT2D eigenvalue weighted by atomic mass is 32.1. The molecule has 0 aliphatic carbocycles. The number of hydrogen-bond donors (Lipinski definition) is 1. The van der Waals surface area contributed by atoms with Crippen LogP contribution in [0.15, 0.2) is 41.8 Å². The van der Waals surface area contributed by atoms with E-state index in [-0.39, 0.29) is 17.9 Å². The highest BCUT2D eigenvalue weighted by molar-refractivity contribution is 7.12. The topological polar surface area (TPSA) is 67.9 Å². The van der Waals surface area contributed by atoms with Crippen LogP contribution in [-0.2, 0) is 4.79 Å². The molecule has 136 valence electrons. The number of amides is 2. The first kappa shape index (κ1) is 16.9. The number of hydrogen-bond acceptors (Lipinski definition) is 5. The van der Waals surface area contributed by atoms with Crippen molar-refractivity contribution in [3.63, 3.8) is 0 Å². The number of nitrogens with one attached hydrogen (secondary N) is 1. The van der Waals surface area contributed by atoms with E-state index in [2.05, 4.69) is 5.32 Å². The summed E-state index contributed by atoms with van der Waals surface area (Å²) in [5, 5.41) is 4.79. The summed E-state index contributed by atoms with van der Waals surface area (Å²) in [5.74, 6) is 1.21. The Kier molecular flexibility index (Phi) is 4.79. The van der Waals surface area contributed by atoms with Crippen molar-refractivity contribution in [3.05, 3.63) is 46.7 Å². The van der Waals surface area contributed by atoms with Crippen molar-refractivity contribution in [2.75, 3.05) is 19.7 Å². The summed E-state index contributed by atoms with van der Waals surface area (Å²) in [5.41, 5.74) is 0. The summed E-state index contributed by atoms with van der Waals surface area (Å²) >= 11 is 1.40. The van der Waals surface area contributed by atoms with Crippen molar-refractivity contribution < 1.29 is 19.1 Å². The molecule has 26 heavy (non-hydrogen) atoms. The number of carbonyl (C=O) groups is 2. The van der Waals surface area contributed by atoms with Gasteiger partial charge in [-0.25, -0.2) is 0 Å². The molecule has 0 unspecified atom stereocenters. The highest BCUT2D eigenvalue weighted by Gasteiger charge is 2.35. The summed E-state index contributed by atoms with van der Waals surface area (Å²) < 4.78 is 11.5. The Morgan fingerprint density at radius 2 is 2.04 bits per heavy atom. The number of nitrogens with zero attached hydrogens (tertiary/aromatic N) is 1. The SMILES string of the molecule is O=C(NC[C@@H]1COc2ccccc2O1)[C@@H]1CCCN1C(=O)c1cccs1. The average Bonchev–Trinajstić information content (AvgIpc) is 3.37. The molecule has 1 fully saturated rings. The summed E-state index contributed by atoms with van der Waals surface area (Å²) in [7, 11) is 0. The molecule has 1 N–H and O–H groups in total. The van der Waals surface area contributed by atoms with Crippen LogP contribution in [0.25, 0.3) is 0 Å². The van der Waals surface area contributed by atoms with E-state index in [1.54, 1.807) is 11.0 Å². The van der Waals surface area contributed by atoms with Crippen LogP contribution in [0.4, 0.5) is 0 Å². The third-order valence-corrected chi connectivity index (χ3v) is 5.48. The molecule has 3 heterocycles. The van der Waals surface area contributed by atoms with Crippen molar-refractivity contribution in [2.24, 2.45) is 0 Å². The van der Waals surface area contributed by atoms with Crippen LogP contribution in [-0.4, -0.2) is 48.6 Å². The zero-order chi connectivity index (χ0) is 17.9. The van der Waals surface area contributed by atoms with E-state index in [0.717, 1.165) is 12.2 Å². The molecule has 1 aromatic heterocycles. The Morgan fingerprint density at radius 3 is 2.85 bits per heavy atom. The molecule has 2 aromatic rings. The smallest absolute Gasteiger partial charge is 0.264 e. The van der Waals surface area contributed by atoms with Gasteiger partial charge in [0.15, 0.2) is 11.5 Å². The molecule has 2 aliphatic heterocycles. The van der Waals surface area contributed by atoms with Gasteiger partial charge in [0.1, 0.15) is 18.8 Å². The molecule has 7 heteroatoms. The summed E-state index contributed by atoms with van der Waals surface area (Å²) in [6.45, 7) is 1.36. The van der Waals surface area contributed by atoms with Gasteiger partial charge in [0.25, 0.3) is 5.91 Å². The number of ether oxygens (including phenoxy) is 2. The molecule has 6 nitrogen and oxygen atoms in total. The Morgan fingerprint density at radius 1 is 1.19 bits per heavy atom. The van der Waals surface area contributed by atoms with E-state index in [9.17, 15) is 9.59 Å². The number of benzene rings is 1. The number of rotatable bonds is 4. The molecule has 2 amide bonds. The van der Waals surface area contributed by atoms with Crippen molar-refractivity contribution in [3.8, 4) is 11.5 Å². The summed E-state index contributed by atoms with van der Waals surface area (Å²) in [6.07, 6.45) is 1.29. The molecule has 1 saturated heterocycles. The first-order valence-electron chi connectivity index (χ1n) is 8.73. The van der Waals surface area contributed by atoms with Gasteiger partial charge in [0, 0.05) is 6.54 Å². The maximum Gasteiger partial charge on any atom is 0.264 e. The first-order chi connectivity index (χ1) is 12.7. The molecule has 0 spiro atoms. The van der Waals surface area contributed by atoms with E-state index in [0.29, 0.717) is 36.7 Å². The molecule has 4 rings (SSSR count). The second-order valence-corrected chi connectivity index (χ2v) is 7.32. The van der Waals surface area contributed by atoms with Gasteiger partial charge in [-0.3, -0.25) is 9.59 Å². The first-order valence-corrected chi connectivity index (χ1v) is 9.61. The van der Waals surface area contributed by atoms with Gasteiger partial charge in [-0.1, -0.05) is 18.2 Å². The minimum absolute atomic E-state index is 0.0659. The normalized spacial score (nSPS) is 21.5. The monoisotopic (exact) mass is 372 g/mol. The Hall–Kier alpha value is -2.54. The van der Waals surface area contributed by atoms with Crippen LogP contribution in [0.5, 0.6) is 11.5 Å². The van der Waals surface area contributed by atoms with Crippen LogP contribution < -0.4 is 14.8 Å². The lowest BCUT2D eigenvalue weighted by atomic mass is 10.2. The minimum Gasteiger partial charge on any atom is -0.486 e. The Bertz CT molecular complexity index is 793. The van der Waals surface area contributed by atoms with E-state index >= 15 is 0 Å². The van der Waals surface area contributed by atoms with Crippen molar-refractivity contribution in [1.29, 1.82) is 0 Å². The highest BCUT2D eigenvalue weighted by Crippen LogP contribution is 2.30. The standard InChI is InChI=1S/C19H20N2O4S/c22-18(14-5-3-9-21(14)19(23)17-8-4-10-26-17)20-11-13-12-24-15-6-1-2-7-16(15)25-13/h1-2,4,6-8,10,13-14H,3,5,9,11-12H2,(H,20,22)/t13-,14+/m1/s1. The second kappa shape index (κ2) is 7.37. The number of carbonyl (C=O) groups excluding carboxylic acids is 2. The quantitative estimate of drug-likeness (QED) is 0.894. The molecular formula is C19H20N2O4S. The largest absolute Gasteiger partial charge is 0.486 e. The lowest BCUT2D eigenvalue weighted by molar-refractivity contribution is -0.125. The minimum atomic E-state index is -0.415. The van der Waals surface area contributed by atoms with Crippen LogP contribution in [0.3, 0.4) is 0 Å². The van der Waals surface area contributed by atoms with Gasteiger partial charge in [0.2, 0.25) is 5.91 Å². The fourth-order valence-corrected chi connectivity index (χ4v) is 4.00. The predicted molar refractivity (Wildman–Crippen MR) is 97.7 cm³/mol. The zero-order valence-electron chi connectivity index (χ0n) is 14.2. The van der Waals surface area contributed by atoms with Crippen LogP contribution in [0.1, 0.15) is 22.5 Å². The predicted octanol–water partition coefficient (Wildman–Crippen LogP) is 2.31. The van der Waals surface area contributed by atoms with Gasteiger partial charge < -0.3 is 19.7 Å². The van der Waals surface area contributed by atoms with E-state index in [1.165, 1.54) is 11.3 Å². The van der Waals surface area contributed by atoms with Crippen molar-refractivity contribution >= 4 is 23.2 Å². The summed E-state index contributed by atoms with van der Waals surface area (Å²) in [6, 6.07) is 10.7. The third-order valence-electron chi connectivity index (χ3n) is 4.62. The zero-order valence-corrected chi connectivity index (χ0v) is 15.0. The second-order valence-electron chi connectivity index (χ2n) is 6.38.